The molecule has 0 saturated carbocycles. The Kier molecular flexibility index (Phi) is 10.9. The maximum atomic E-state index is 13.4. The molecule has 184 valence electrons. The lowest BCUT2D eigenvalue weighted by molar-refractivity contribution is -0.152. The summed E-state index contributed by atoms with van der Waals surface area (Å²) in [4.78, 5) is 56.0. The first-order valence-corrected chi connectivity index (χ1v) is 11.7. The van der Waals surface area contributed by atoms with Crippen molar-refractivity contribution in [3.63, 3.8) is 0 Å². The van der Waals surface area contributed by atoms with Gasteiger partial charge in [0.25, 0.3) is 5.56 Å². The van der Waals surface area contributed by atoms with Crippen molar-refractivity contribution in [1.82, 2.24) is 14.5 Å². The molecule has 2 rings (SSSR count). The van der Waals surface area contributed by atoms with E-state index in [1.165, 1.54) is 26.6 Å². The highest BCUT2D eigenvalue weighted by atomic mass is 31.2. The van der Waals surface area contributed by atoms with E-state index in [-0.39, 0.29) is 6.42 Å². The zero-order valence-electron chi connectivity index (χ0n) is 18.7. The molecule has 0 aliphatic carbocycles. The minimum atomic E-state index is -4.85. The third-order valence-corrected chi connectivity index (χ3v) is 5.38. The zero-order valence-corrected chi connectivity index (χ0v) is 19.6. The Morgan fingerprint density at radius 3 is 2.34 bits per heavy atom. The number of rotatable bonds is 8. The van der Waals surface area contributed by atoms with Gasteiger partial charge in [0.1, 0.15) is 18.4 Å². The number of nitrogens with zero attached hydrogens (tertiary/aromatic N) is 2. The highest BCUT2D eigenvalue weighted by Gasteiger charge is 2.44. The van der Waals surface area contributed by atoms with Crippen molar-refractivity contribution in [2.45, 2.75) is 65.6 Å². The van der Waals surface area contributed by atoms with Crippen LogP contribution < -0.4 is 11.2 Å². The van der Waals surface area contributed by atoms with Crippen LogP contribution in [0.15, 0.2) is 15.8 Å². The maximum absolute atomic E-state index is 13.4. The van der Waals surface area contributed by atoms with E-state index in [0.717, 1.165) is 11.5 Å². The third-order valence-electron chi connectivity index (χ3n) is 4.77. The van der Waals surface area contributed by atoms with Crippen molar-refractivity contribution >= 4 is 13.8 Å². The van der Waals surface area contributed by atoms with Crippen LogP contribution in [0.3, 0.4) is 0 Å². The first-order valence-electron chi connectivity index (χ1n) is 10.1. The van der Waals surface area contributed by atoms with E-state index in [4.69, 9.17) is 19.3 Å². The van der Waals surface area contributed by atoms with Crippen LogP contribution in [0.1, 0.15) is 47.3 Å². The van der Waals surface area contributed by atoms with Crippen LogP contribution in [0, 0.1) is 5.82 Å². The van der Waals surface area contributed by atoms with Gasteiger partial charge in [-0.1, -0.05) is 20.8 Å². The van der Waals surface area contributed by atoms with Crippen molar-refractivity contribution in [3.05, 3.63) is 32.9 Å². The fourth-order valence-electron chi connectivity index (χ4n) is 3.20. The summed E-state index contributed by atoms with van der Waals surface area (Å²) < 4.78 is 40.2. The van der Waals surface area contributed by atoms with Crippen molar-refractivity contribution in [3.8, 4) is 0 Å². The van der Waals surface area contributed by atoms with E-state index in [2.05, 4.69) is 30.2 Å². The number of H-pyrrole nitrogens is 1. The molecule has 14 heteroatoms. The van der Waals surface area contributed by atoms with Crippen molar-refractivity contribution in [1.29, 1.82) is 0 Å². The van der Waals surface area contributed by atoms with Gasteiger partial charge in [0.05, 0.1) is 12.3 Å². The van der Waals surface area contributed by atoms with Gasteiger partial charge in [-0.3, -0.25) is 23.7 Å². The number of phosphoric acid groups is 1. The van der Waals surface area contributed by atoms with Crippen LogP contribution in [-0.4, -0.2) is 68.2 Å². The summed E-state index contributed by atoms with van der Waals surface area (Å²) in [5, 5.41) is 0. The molecule has 0 radical (unpaired) electrons. The Labute approximate surface area is 184 Å². The number of nitrogens with one attached hydrogen (secondary N) is 1. The van der Waals surface area contributed by atoms with E-state index in [9.17, 15) is 23.3 Å². The smallest absolute Gasteiger partial charge is 0.459 e. The molecule has 1 saturated heterocycles. The number of phosphoric ester groups is 1. The molecule has 12 nitrogen and oxygen atoms in total. The molecule has 1 aliphatic heterocycles. The zero-order chi connectivity index (χ0) is 24.6. The van der Waals surface area contributed by atoms with Gasteiger partial charge in [-0.2, -0.15) is 4.39 Å². The number of ether oxygens (including phenoxy) is 2. The van der Waals surface area contributed by atoms with E-state index in [0.29, 0.717) is 6.20 Å². The number of hydrogen-bond acceptors (Lipinski definition) is 8. The number of carbonyl (C=O) groups excluding carboxylic acids is 1. The third kappa shape index (κ3) is 8.57. The minimum Gasteiger partial charge on any atom is -0.459 e. The molecule has 32 heavy (non-hydrogen) atoms. The molecular weight excluding hydrogens is 452 g/mol. The van der Waals surface area contributed by atoms with Gasteiger partial charge in [-0.05, 0) is 26.6 Å². The molecule has 3 N–H and O–H groups in total. The van der Waals surface area contributed by atoms with Gasteiger partial charge in [-0.25, -0.2) is 9.36 Å². The Morgan fingerprint density at radius 1 is 1.34 bits per heavy atom. The second-order valence-corrected chi connectivity index (χ2v) is 8.20. The standard InChI is InChI=1S/C12H16FN2O9P.C6H15N/c1-5(24-25(19,20)21)10-8(22-6(2)16)3-9(23-10)15-4-7(13)11(17)14-12(15)18;1-4-7(5-2)6-3/h4-5,8-10H,3H2,1-2H3,(H,14,17,18)(H2,19,20,21);4-6H2,1-3H3/t5-,8-,9+,10+;/m0./s1. The fourth-order valence-corrected chi connectivity index (χ4v) is 3.75. The summed E-state index contributed by atoms with van der Waals surface area (Å²) in [6.07, 6.45) is -3.98. The fraction of sp³-hybridized carbons (Fsp3) is 0.722. The molecule has 1 aromatic heterocycles. The van der Waals surface area contributed by atoms with Gasteiger partial charge in [0.2, 0.25) is 5.82 Å². The predicted molar refractivity (Wildman–Crippen MR) is 111 cm³/mol. The van der Waals surface area contributed by atoms with Gasteiger partial charge in [0, 0.05) is 13.3 Å². The highest BCUT2D eigenvalue weighted by molar-refractivity contribution is 7.46. The maximum Gasteiger partial charge on any atom is 0.469 e. The SMILES string of the molecule is CC(=O)O[C@H]1C[C@H](n2cc(F)c(=O)[nH]c2=O)O[C@@H]1[C@H](C)OP(=O)(O)O.CCN(CC)CC. The Morgan fingerprint density at radius 2 is 1.91 bits per heavy atom. The normalized spacial score (nSPS) is 21.7. The van der Waals surface area contributed by atoms with E-state index in [1.807, 2.05) is 0 Å². The number of aromatic nitrogens is 2. The quantitative estimate of drug-likeness (QED) is 0.355. The number of esters is 1. The lowest BCUT2D eigenvalue weighted by Gasteiger charge is -2.24. The van der Waals surface area contributed by atoms with Crippen molar-refractivity contribution in [2.75, 3.05) is 19.6 Å². The predicted octanol–water partition coefficient (Wildman–Crippen LogP) is 0.741. The minimum absolute atomic E-state index is 0.121. The van der Waals surface area contributed by atoms with Crippen LogP contribution in [0.4, 0.5) is 4.39 Å². The van der Waals surface area contributed by atoms with E-state index in [1.54, 1.807) is 4.98 Å². The topological polar surface area (TPSA) is 160 Å². The Bertz CT molecular complexity index is 906. The van der Waals surface area contributed by atoms with Gasteiger partial charge in [-0.15, -0.1) is 0 Å². The van der Waals surface area contributed by atoms with E-state index < -0.39 is 55.4 Å². The van der Waals surface area contributed by atoms with Crippen LogP contribution >= 0.6 is 7.82 Å². The van der Waals surface area contributed by atoms with Crippen LogP contribution in [0.2, 0.25) is 0 Å². The van der Waals surface area contributed by atoms with Crippen molar-refractivity contribution in [2.24, 2.45) is 0 Å². The molecule has 1 aromatic rings. The average Bonchev–Trinajstić information content (AvgIpc) is 3.08. The summed E-state index contributed by atoms with van der Waals surface area (Å²) in [6.45, 7) is 12.5. The molecular formula is C18H31FN3O9P. The lowest BCUT2D eigenvalue weighted by atomic mass is 10.1. The average molecular weight is 483 g/mol. The van der Waals surface area contributed by atoms with Gasteiger partial charge in [0.15, 0.2) is 0 Å². The van der Waals surface area contributed by atoms with Gasteiger partial charge >= 0.3 is 19.5 Å². The van der Waals surface area contributed by atoms with Crippen LogP contribution in [-0.2, 0) is 23.4 Å². The molecule has 0 bridgehead atoms. The number of hydrogen-bond donors (Lipinski definition) is 3. The Hall–Kier alpha value is -1.89. The monoisotopic (exact) mass is 483 g/mol. The molecule has 0 unspecified atom stereocenters. The number of halogens is 1. The first kappa shape index (κ1) is 28.1. The summed E-state index contributed by atoms with van der Waals surface area (Å²) >= 11 is 0. The summed E-state index contributed by atoms with van der Waals surface area (Å²) in [5.74, 6) is -1.92. The van der Waals surface area contributed by atoms with Crippen LogP contribution in [0.5, 0.6) is 0 Å². The molecule has 1 fully saturated rings. The largest absolute Gasteiger partial charge is 0.469 e. The number of carbonyl (C=O) groups is 1. The van der Waals surface area contributed by atoms with Crippen LogP contribution in [0.25, 0.3) is 0 Å². The lowest BCUT2D eigenvalue weighted by Crippen LogP contribution is -2.37. The molecule has 2 heterocycles. The molecule has 0 aromatic carbocycles. The van der Waals surface area contributed by atoms with Gasteiger partial charge < -0.3 is 24.2 Å². The molecule has 4 atom stereocenters. The second kappa shape index (κ2) is 12.4. The van der Waals surface area contributed by atoms with E-state index >= 15 is 0 Å². The molecule has 1 aliphatic rings. The Balaban J connectivity index is 0.000000633. The molecule has 0 amide bonds. The first-order chi connectivity index (χ1) is 14.8. The highest BCUT2D eigenvalue weighted by Crippen LogP contribution is 2.41. The summed E-state index contributed by atoms with van der Waals surface area (Å²) in [6, 6.07) is 0. The summed E-state index contributed by atoms with van der Waals surface area (Å²) in [7, 11) is -4.85. The number of aromatic amines is 1. The summed E-state index contributed by atoms with van der Waals surface area (Å²) in [5.41, 5.74) is -2.16. The van der Waals surface area contributed by atoms with Crippen molar-refractivity contribution < 1.29 is 37.5 Å². The second-order valence-electron chi connectivity index (χ2n) is 7.00. The molecule has 0 spiro atoms.